The van der Waals surface area contributed by atoms with Crippen LogP contribution in [0.4, 0.5) is 11.4 Å². The summed E-state index contributed by atoms with van der Waals surface area (Å²) in [5.74, 6) is -0.450. The van der Waals surface area contributed by atoms with Gasteiger partial charge in [-0.1, -0.05) is 12.1 Å². The maximum absolute atomic E-state index is 12.5. The highest BCUT2D eigenvalue weighted by molar-refractivity contribution is 6.11. The number of carbonyl (C=O) groups excluding carboxylic acids is 2. The summed E-state index contributed by atoms with van der Waals surface area (Å²) >= 11 is 0. The molecule has 3 aromatic rings. The summed E-state index contributed by atoms with van der Waals surface area (Å²) in [4.78, 5) is 32.0. The predicted octanol–water partition coefficient (Wildman–Crippen LogP) is 2.84. The minimum absolute atomic E-state index is 0.169. The molecule has 2 amide bonds. The zero-order valence-corrected chi connectivity index (χ0v) is 12.4. The zero-order chi connectivity index (χ0) is 16.2. The minimum atomic E-state index is -0.281. The summed E-state index contributed by atoms with van der Waals surface area (Å²) in [6, 6.07) is 12.2. The van der Waals surface area contributed by atoms with Gasteiger partial charge in [0.1, 0.15) is 5.52 Å². The van der Waals surface area contributed by atoms with Crippen LogP contribution in [0.3, 0.4) is 0 Å². The number of nitrogens with zero attached hydrogens (tertiary/aromatic N) is 2. The van der Waals surface area contributed by atoms with E-state index in [0.717, 1.165) is 0 Å². The van der Waals surface area contributed by atoms with Crippen molar-refractivity contribution >= 4 is 34.2 Å². The van der Waals surface area contributed by atoms with Gasteiger partial charge < -0.3 is 10.6 Å². The van der Waals surface area contributed by atoms with E-state index in [9.17, 15) is 9.59 Å². The topological polar surface area (TPSA) is 84.0 Å². The van der Waals surface area contributed by atoms with Crippen molar-refractivity contribution in [2.75, 3.05) is 10.6 Å². The number of hydrogen-bond donors (Lipinski definition) is 2. The second-order valence-electron chi connectivity index (χ2n) is 4.95. The monoisotopic (exact) mass is 306 g/mol. The largest absolute Gasteiger partial charge is 0.326 e. The molecule has 0 aliphatic carbocycles. The van der Waals surface area contributed by atoms with Gasteiger partial charge in [-0.2, -0.15) is 0 Å². The highest BCUT2D eigenvalue weighted by Gasteiger charge is 2.12. The van der Waals surface area contributed by atoms with Crippen molar-refractivity contribution in [2.45, 2.75) is 6.92 Å². The average Bonchev–Trinajstić information content (AvgIpc) is 2.54. The van der Waals surface area contributed by atoms with E-state index in [1.54, 1.807) is 54.9 Å². The van der Waals surface area contributed by atoms with Crippen LogP contribution in [-0.4, -0.2) is 21.8 Å². The van der Waals surface area contributed by atoms with Crippen LogP contribution in [-0.2, 0) is 4.79 Å². The van der Waals surface area contributed by atoms with Crippen LogP contribution in [0.5, 0.6) is 0 Å². The molecule has 1 aromatic heterocycles. The number of aromatic nitrogens is 2. The van der Waals surface area contributed by atoms with Crippen molar-refractivity contribution in [3.8, 4) is 0 Å². The molecule has 0 atom stereocenters. The van der Waals surface area contributed by atoms with Gasteiger partial charge >= 0.3 is 0 Å². The first kappa shape index (κ1) is 14.6. The second kappa shape index (κ2) is 6.23. The summed E-state index contributed by atoms with van der Waals surface area (Å²) in [7, 11) is 0. The predicted molar refractivity (Wildman–Crippen MR) is 88.2 cm³/mol. The molecule has 0 bridgehead atoms. The normalized spacial score (nSPS) is 10.3. The number of benzene rings is 2. The lowest BCUT2D eigenvalue weighted by atomic mass is 10.1. The zero-order valence-electron chi connectivity index (χ0n) is 12.4. The first-order valence-electron chi connectivity index (χ1n) is 7.02. The number of amides is 2. The van der Waals surface area contributed by atoms with E-state index in [4.69, 9.17) is 0 Å². The van der Waals surface area contributed by atoms with E-state index in [2.05, 4.69) is 20.6 Å². The van der Waals surface area contributed by atoms with Crippen LogP contribution in [0.1, 0.15) is 17.3 Å². The van der Waals surface area contributed by atoms with E-state index in [-0.39, 0.29) is 11.8 Å². The summed E-state index contributed by atoms with van der Waals surface area (Å²) in [5.41, 5.74) is 2.85. The SMILES string of the molecule is CC(=O)Nc1cccc(NC(=O)c2cccc3nccnc23)c1. The molecule has 0 unspecified atom stereocenters. The summed E-state index contributed by atoms with van der Waals surface area (Å²) in [6.07, 6.45) is 3.14. The molecule has 1 heterocycles. The van der Waals surface area contributed by atoms with E-state index in [1.165, 1.54) is 6.92 Å². The van der Waals surface area contributed by atoms with Gasteiger partial charge in [-0.05, 0) is 30.3 Å². The van der Waals surface area contributed by atoms with Gasteiger partial charge in [-0.25, -0.2) is 0 Å². The Labute approximate surface area is 132 Å². The van der Waals surface area contributed by atoms with Gasteiger partial charge in [0.15, 0.2) is 0 Å². The standard InChI is InChI=1S/C17H14N4O2/c1-11(22)20-12-4-2-5-13(10-12)21-17(23)14-6-3-7-15-16(14)19-9-8-18-15/h2-10H,1H3,(H,20,22)(H,21,23). The number of rotatable bonds is 3. The Morgan fingerprint density at radius 2 is 1.61 bits per heavy atom. The Morgan fingerprint density at radius 3 is 2.39 bits per heavy atom. The molecule has 23 heavy (non-hydrogen) atoms. The lowest BCUT2D eigenvalue weighted by Gasteiger charge is -2.09. The molecule has 0 aliphatic rings. The highest BCUT2D eigenvalue weighted by atomic mass is 16.2. The van der Waals surface area contributed by atoms with Gasteiger partial charge in [0.05, 0.1) is 11.1 Å². The van der Waals surface area contributed by atoms with Crippen LogP contribution >= 0.6 is 0 Å². The number of hydrogen-bond acceptors (Lipinski definition) is 4. The minimum Gasteiger partial charge on any atom is -0.326 e. The van der Waals surface area contributed by atoms with Crippen molar-refractivity contribution in [3.05, 3.63) is 60.4 Å². The molecule has 0 aliphatic heterocycles. The van der Waals surface area contributed by atoms with Crippen LogP contribution in [0.25, 0.3) is 11.0 Å². The number of carbonyl (C=O) groups is 2. The van der Waals surface area contributed by atoms with Crippen molar-refractivity contribution in [1.29, 1.82) is 0 Å². The van der Waals surface area contributed by atoms with Crippen LogP contribution in [0.15, 0.2) is 54.9 Å². The molecular weight excluding hydrogens is 292 g/mol. The summed E-state index contributed by atoms with van der Waals surface area (Å²) in [5, 5.41) is 5.48. The maximum Gasteiger partial charge on any atom is 0.257 e. The molecule has 0 spiro atoms. The Balaban J connectivity index is 1.88. The molecule has 0 saturated carbocycles. The van der Waals surface area contributed by atoms with Crippen LogP contribution < -0.4 is 10.6 Å². The Morgan fingerprint density at radius 1 is 0.913 bits per heavy atom. The molecule has 2 aromatic carbocycles. The number of nitrogens with one attached hydrogen (secondary N) is 2. The van der Waals surface area contributed by atoms with Gasteiger partial charge in [0.2, 0.25) is 5.91 Å². The lowest BCUT2D eigenvalue weighted by Crippen LogP contribution is -2.13. The maximum atomic E-state index is 12.5. The van der Waals surface area contributed by atoms with Gasteiger partial charge in [-0.15, -0.1) is 0 Å². The fourth-order valence-corrected chi connectivity index (χ4v) is 2.25. The van der Waals surface area contributed by atoms with E-state index in [0.29, 0.717) is 28.0 Å². The number of para-hydroxylation sites is 1. The Hall–Kier alpha value is -3.28. The molecule has 0 fully saturated rings. The summed E-state index contributed by atoms with van der Waals surface area (Å²) < 4.78 is 0. The molecule has 6 nitrogen and oxygen atoms in total. The van der Waals surface area contributed by atoms with E-state index >= 15 is 0 Å². The average molecular weight is 306 g/mol. The third kappa shape index (κ3) is 3.32. The van der Waals surface area contributed by atoms with Crippen molar-refractivity contribution in [2.24, 2.45) is 0 Å². The molecule has 3 rings (SSSR count). The number of fused-ring (bicyclic) bond motifs is 1. The van der Waals surface area contributed by atoms with Crippen molar-refractivity contribution in [3.63, 3.8) is 0 Å². The Bertz CT molecular complexity index is 887. The Kier molecular flexibility index (Phi) is 3.97. The fourth-order valence-electron chi connectivity index (χ4n) is 2.25. The van der Waals surface area contributed by atoms with Crippen molar-refractivity contribution in [1.82, 2.24) is 9.97 Å². The van der Waals surface area contributed by atoms with E-state index < -0.39 is 0 Å². The van der Waals surface area contributed by atoms with Crippen LogP contribution in [0, 0.1) is 0 Å². The molecular formula is C17H14N4O2. The number of anilines is 2. The fraction of sp³-hybridized carbons (Fsp3) is 0.0588. The third-order valence-electron chi connectivity index (χ3n) is 3.18. The van der Waals surface area contributed by atoms with Crippen molar-refractivity contribution < 1.29 is 9.59 Å². The highest BCUT2D eigenvalue weighted by Crippen LogP contribution is 2.18. The lowest BCUT2D eigenvalue weighted by molar-refractivity contribution is -0.114. The first-order chi connectivity index (χ1) is 11.1. The molecule has 0 radical (unpaired) electrons. The smallest absolute Gasteiger partial charge is 0.257 e. The van der Waals surface area contributed by atoms with Crippen LogP contribution in [0.2, 0.25) is 0 Å². The second-order valence-corrected chi connectivity index (χ2v) is 4.95. The molecule has 114 valence electrons. The first-order valence-corrected chi connectivity index (χ1v) is 7.02. The quantitative estimate of drug-likeness (QED) is 0.779. The van der Waals surface area contributed by atoms with Gasteiger partial charge in [0, 0.05) is 30.7 Å². The van der Waals surface area contributed by atoms with E-state index in [1.807, 2.05) is 0 Å². The molecule has 6 heteroatoms. The molecule has 0 saturated heterocycles. The summed E-state index contributed by atoms with van der Waals surface area (Å²) in [6.45, 7) is 1.43. The molecule has 2 N–H and O–H groups in total. The van der Waals surface area contributed by atoms with Gasteiger partial charge in [-0.3, -0.25) is 19.6 Å². The van der Waals surface area contributed by atoms with Gasteiger partial charge in [0.25, 0.3) is 5.91 Å². The third-order valence-corrected chi connectivity index (χ3v) is 3.18.